The Bertz CT molecular complexity index is 390. The molecule has 0 bridgehead atoms. The fourth-order valence-corrected chi connectivity index (χ4v) is 3.48. The van der Waals surface area contributed by atoms with Gasteiger partial charge in [-0.2, -0.15) is 4.31 Å². The van der Waals surface area contributed by atoms with Crippen molar-refractivity contribution >= 4 is 10.0 Å². The minimum atomic E-state index is -3.21. The van der Waals surface area contributed by atoms with Crippen LogP contribution in [-0.4, -0.2) is 31.9 Å². The Labute approximate surface area is 90.5 Å². The number of sulfonamides is 1. The topological polar surface area (TPSA) is 63.4 Å². The SMILES string of the molecule is NC1CCN(S(=O)(=O)C2=CC=CC2)CC1. The van der Waals surface area contributed by atoms with Crippen LogP contribution in [0.5, 0.6) is 0 Å². The molecule has 0 aromatic heterocycles. The highest BCUT2D eigenvalue weighted by Gasteiger charge is 2.29. The predicted octanol–water partition coefficient (Wildman–Crippen LogP) is 0.583. The maximum Gasteiger partial charge on any atom is 0.239 e. The molecule has 1 aliphatic carbocycles. The average molecular weight is 228 g/mol. The average Bonchev–Trinajstić information content (AvgIpc) is 2.71. The van der Waals surface area contributed by atoms with Gasteiger partial charge in [0, 0.05) is 25.6 Å². The van der Waals surface area contributed by atoms with Crippen LogP contribution in [0.2, 0.25) is 0 Å². The molecule has 4 nitrogen and oxygen atoms in total. The number of hydrogen-bond donors (Lipinski definition) is 1. The molecule has 1 saturated heterocycles. The lowest BCUT2D eigenvalue weighted by Crippen LogP contribution is -2.43. The Balaban J connectivity index is 2.10. The minimum absolute atomic E-state index is 0.159. The largest absolute Gasteiger partial charge is 0.328 e. The van der Waals surface area contributed by atoms with Crippen LogP contribution < -0.4 is 5.73 Å². The second kappa shape index (κ2) is 4.08. The molecule has 1 heterocycles. The minimum Gasteiger partial charge on any atom is -0.328 e. The zero-order valence-corrected chi connectivity index (χ0v) is 9.41. The van der Waals surface area contributed by atoms with Crippen molar-refractivity contribution < 1.29 is 8.42 Å². The van der Waals surface area contributed by atoms with Crippen molar-refractivity contribution in [2.45, 2.75) is 25.3 Å². The van der Waals surface area contributed by atoms with Gasteiger partial charge in [0.15, 0.2) is 0 Å². The highest BCUT2D eigenvalue weighted by atomic mass is 32.2. The monoisotopic (exact) mass is 228 g/mol. The Kier molecular flexibility index (Phi) is 2.95. The molecule has 2 aliphatic rings. The molecular weight excluding hydrogens is 212 g/mol. The summed E-state index contributed by atoms with van der Waals surface area (Å²) in [5.41, 5.74) is 5.75. The quantitative estimate of drug-likeness (QED) is 0.752. The standard InChI is InChI=1S/C10H16N2O2S/c11-9-5-7-12(8-6-9)15(13,14)10-3-1-2-4-10/h1-3,9H,4-8,11H2. The molecule has 0 saturated carbocycles. The van der Waals surface area contributed by atoms with Crippen molar-refractivity contribution in [2.75, 3.05) is 13.1 Å². The summed E-state index contributed by atoms with van der Waals surface area (Å²) in [6.45, 7) is 1.11. The van der Waals surface area contributed by atoms with E-state index in [0.29, 0.717) is 24.4 Å². The van der Waals surface area contributed by atoms with Crippen molar-refractivity contribution in [1.82, 2.24) is 4.31 Å². The van der Waals surface area contributed by atoms with E-state index >= 15 is 0 Å². The van der Waals surface area contributed by atoms with Crippen molar-refractivity contribution in [2.24, 2.45) is 5.73 Å². The van der Waals surface area contributed by atoms with Gasteiger partial charge in [0.1, 0.15) is 0 Å². The maximum atomic E-state index is 12.1. The van der Waals surface area contributed by atoms with Gasteiger partial charge < -0.3 is 5.73 Å². The molecular formula is C10H16N2O2S. The zero-order chi connectivity index (χ0) is 10.9. The van der Waals surface area contributed by atoms with E-state index in [2.05, 4.69) is 0 Å². The molecule has 2 N–H and O–H groups in total. The molecule has 0 radical (unpaired) electrons. The van der Waals surface area contributed by atoms with E-state index in [4.69, 9.17) is 5.73 Å². The van der Waals surface area contributed by atoms with Gasteiger partial charge in [0.05, 0.1) is 4.91 Å². The summed E-state index contributed by atoms with van der Waals surface area (Å²) in [6, 6.07) is 0.159. The number of nitrogens with zero attached hydrogens (tertiary/aromatic N) is 1. The summed E-state index contributed by atoms with van der Waals surface area (Å²) < 4.78 is 25.7. The molecule has 1 fully saturated rings. The van der Waals surface area contributed by atoms with Crippen molar-refractivity contribution in [3.63, 3.8) is 0 Å². The summed E-state index contributed by atoms with van der Waals surface area (Å²) >= 11 is 0. The van der Waals surface area contributed by atoms with Crippen LogP contribution in [0.4, 0.5) is 0 Å². The van der Waals surface area contributed by atoms with Gasteiger partial charge in [-0.25, -0.2) is 8.42 Å². The highest BCUT2D eigenvalue weighted by Crippen LogP contribution is 2.23. The Hall–Kier alpha value is -0.650. The Morgan fingerprint density at radius 3 is 2.53 bits per heavy atom. The number of rotatable bonds is 2. The molecule has 5 heteroatoms. The van der Waals surface area contributed by atoms with E-state index in [9.17, 15) is 8.42 Å². The molecule has 0 aromatic rings. The van der Waals surface area contributed by atoms with Crippen LogP contribution in [0.3, 0.4) is 0 Å². The number of nitrogens with two attached hydrogens (primary N) is 1. The number of hydrogen-bond acceptors (Lipinski definition) is 3. The Morgan fingerprint density at radius 1 is 1.33 bits per heavy atom. The van der Waals surface area contributed by atoms with E-state index in [0.717, 1.165) is 12.8 Å². The molecule has 84 valence electrons. The van der Waals surface area contributed by atoms with Crippen LogP contribution in [0.25, 0.3) is 0 Å². The molecule has 0 unspecified atom stereocenters. The summed E-state index contributed by atoms with van der Waals surface area (Å²) in [4.78, 5) is 0.512. The van der Waals surface area contributed by atoms with Crippen molar-refractivity contribution in [1.29, 1.82) is 0 Å². The first-order valence-electron chi connectivity index (χ1n) is 5.22. The van der Waals surface area contributed by atoms with E-state index in [1.807, 2.05) is 6.08 Å². The van der Waals surface area contributed by atoms with E-state index < -0.39 is 10.0 Å². The maximum absolute atomic E-state index is 12.1. The first-order chi connectivity index (χ1) is 7.10. The third-order valence-electron chi connectivity index (χ3n) is 2.91. The number of allylic oxidation sites excluding steroid dienone is 4. The van der Waals surface area contributed by atoms with Gasteiger partial charge in [0.25, 0.3) is 0 Å². The summed E-state index contributed by atoms with van der Waals surface area (Å²) in [5.74, 6) is 0. The van der Waals surface area contributed by atoms with Gasteiger partial charge >= 0.3 is 0 Å². The van der Waals surface area contributed by atoms with Crippen molar-refractivity contribution in [3.8, 4) is 0 Å². The van der Waals surface area contributed by atoms with Gasteiger partial charge in [-0.1, -0.05) is 12.2 Å². The van der Waals surface area contributed by atoms with Crippen LogP contribution in [0.15, 0.2) is 23.1 Å². The predicted molar refractivity (Wildman–Crippen MR) is 59.5 cm³/mol. The molecule has 0 amide bonds. The van der Waals surface area contributed by atoms with Gasteiger partial charge in [0.2, 0.25) is 10.0 Å². The fourth-order valence-electron chi connectivity index (χ4n) is 1.90. The molecule has 2 rings (SSSR count). The molecule has 0 aromatic carbocycles. The van der Waals surface area contributed by atoms with Crippen LogP contribution in [0.1, 0.15) is 19.3 Å². The summed E-state index contributed by atoms with van der Waals surface area (Å²) in [6.07, 6.45) is 7.40. The third kappa shape index (κ3) is 2.14. The number of piperidine rings is 1. The molecule has 0 spiro atoms. The van der Waals surface area contributed by atoms with E-state index in [-0.39, 0.29) is 6.04 Å². The van der Waals surface area contributed by atoms with Gasteiger partial charge in [-0.05, 0) is 18.9 Å². The van der Waals surface area contributed by atoms with Crippen molar-refractivity contribution in [3.05, 3.63) is 23.1 Å². The lowest BCUT2D eigenvalue weighted by Gasteiger charge is -2.29. The fraction of sp³-hybridized carbons (Fsp3) is 0.600. The van der Waals surface area contributed by atoms with Crippen LogP contribution in [-0.2, 0) is 10.0 Å². The molecule has 0 atom stereocenters. The van der Waals surface area contributed by atoms with Crippen LogP contribution >= 0.6 is 0 Å². The van der Waals surface area contributed by atoms with E-state index in [1.165, 1.54) is 0 Å². The normalized spacial score (nSPS) is 24.5. The lowest BCUT2D eigenvalue weighted by molar-refractivity contribution is 0.322. The lowest BCUT2D eigenvalue weighted by atomic mass is 10.1. The Morgan fingerprint density at radius 2 is 2.00 bits per heavy atom. The second-order valence-corrected chi connectivity index (χ2v) is 6.00. The smallest absolute Gasteiger partial charge is 0.239 e. The molecule has 15 heavy (non-hydrogen) atoms. The molecule has 1 aliphatic heterocycles. The first kappa shape index (κ1) is 10.9. The van der Waals surface area contributed by atoms with E-state index in [1.54, 1.807) is 16.5 Å². The zero-order valence-electron chi connectivity index (χ0n) is 8.59. The second-order valence-electron chi connectivity index (χ2n) is 4.01. The highest BCUT2D eigenvalue weighted by molar-refractivity contribution is 7.93. The van der Waals surface area contributed by atoms with Crippen LogP contribution in [0, 0.1) is 0 Å². The third-order valence-corrected chi connectivity index (χ3v) is 4.92. The van der Waals surface area contributed by atoms with Gasteiger partial charge in [-0.15, -0.1) is 0 Å². The summed E-state index contributed by atoms with van der Waals surface area (Å²) in [5, 5.41) is 0. The van der Waals surface area contributed by atoms with Gasteiger partial charge in [-0.3, -0.25) is 0 Å². The summed E-state index contributed by atoms with van der Waals surface area (Å²) in [7, 11) is -3.21. The first-order valence-corrected chi connectivity index (χ1v) is 6.66.